The van der Waals surface area contributed by atoms with E-state index in [4.69, 9.17) is 21.6 Å². The summed E-state index contributed by atoms with van der Waals surface area (Å²) in [5.74, 6) is 1.91. The van der Waals surface area contributed by atoms with Crippen LogP contribution in [0.15, 0.2) is 41.4 Å². The highest BCUT2D eigenvalue weighted by Crippen LogP contribution is 2.39. The number of benzene rings is 2. The van der Waals surface area contributed by atoms with E-state index < -0.39 is 0 Å². The smallest absolute Gasteiger partial charge is 0.159 e. The Balaban J connectivity index is 1.39. The molecule has 0 amide bonds. The van der Waals surface area contributed by atoms with Gasteiger partial charge in [0.25, 0.3) is 0 Å². The molecule has 3 aromatic rings. The summed E-state index contributed by atoms with van der Waals surface area (Å²) in [6.45, 7) is 7.31. The third kappa shape index (κ3) is 5.84. The molecule has 1 fully saturated rings. The molecule has 1 aliphatic heterocycles. The molecule has 0 radical (unpaired) electrons. The summed E-state index contributed by atoms with van der Waals surface area (Å²) < 4.78 is 2.25. The van der Waals surface area contributed by atoms with E-state index >= 15 is 0 Å². The van der Waals surface area contributed by atoms with Crippen LogP contribution in [-0.2, 0) is 24.8 Å². The average Bonchev–Trinajstić information content (AvgIpc) is 3.28. The first-order valence-corrected chi connectivity index (χ1v) is 15.9. The monoisotopic (exact) mass is 563 g/mol. The van der Waals surface area contributed by atoms with Crippen LogP contribution >= 0.6 is 20.2 Å². The topological polar surface area (TPSA) is 62.5 Å². The number of carbonyl (C=O) groups excluding carboxylic acids is 1. The summed E-state index contributed by atoms with van der Waals surface area (Å²) in [5, 5.41) is 3.93. The fraction of sp³-hybridized carbons (Fsp3) is 0.452. The van der Waals surface area contributed by atoms with Crippen molar-refractivity contribution in [3.8, 4) is 11.1 Å². The number of nitrogens with one attached hydrogen (secondary N) is 1. The Bertz CT molecular complexity index is 1380. The molecule has 1 aromatic heterocycles. The van der Waals surface area contributed by atoms with Gasteiger partial charge in [-0.2, -0.15) is 0 Å². The van der Waals surface area contributed by atoms with E-state index in [0.29, 0.717) is 19.5 Å². The van der Waals surface area contributed by atoms with E-state index in [1.165, 1.54) is 17.0 Å². The predicted octanol–water partition coefficient (Wildman–Crippen LogP) is 6.84. The van der Waals surface area contributed by atoms with E-state index in [-0.39, 0.29) is 5.92 Å². The Hall–Kier alpha value is -2.53. The van der Waals surface area contributed by atoms with E-state index in [2.05, 4.69) is 59.7 Å². The Morgan fingerprint density at radius 1 is 1.18 bits per heavy atom. The second kappa shape index (κ2) is 12.3. The van der Waals surface area contributed by atoms with Gasteiger partial charge >= 0.3 is 0 Å². The van der Waals surface area contributed by atoms with Gasteiger partial charge in [0, 0.05) is 63.0 Å². The first kappa shape index (κ1) is 28.0. The molecular formula is C31H39ClN5OP. The molecular weight excluding hydrogens is 525 g/mol. The van der Waals surface area contributed by atoms with Gasteiger partial charge in [0.15, 0.2) is 5.82 Å². The molecule has 1 aliphatic carbocycles. The van der Waals surface area contributed by atoms with Crippen LogP contribution in [0.4, 0.5) is 11.4 Å². The lowest BCUT2D eigenvalue weighted by Crippen LogP contribution is -2.36. The van der Waals surface area contributed by atoms with Crippen molar-refractivity contribution < 1.29 is 4.79 Å². The average molecular weight is 564 g/mol. The van der Waals surface area contributed by atoms with Crippen LogP contribution < -0.4 is 5.32 Å². The minimum atomic E-state index is 0.275. The number of fused-ring (bicyclic) bond motifs is 1. The SMILES string of the molecule is CNc1cccc(-c2cccc(N=C(PC)c3nc4c(n3C)CCN(CC3CCC(C=O)CC3)C4)c2Cl)c1C. The molecule has 1 saturated carbocycles. The summed E-state index contributed by atoms with van der Waals surface area (Å²) >= 11 is 6.99. The molecule has 206 valence electrons. The lowest BCUT2D eigenvalue weighted by Gasteiger charge is -2.33. The highest BCUT2D eigenvalue weighted by molar-refractivity contribution is 7.58. The first-order valence-electron chi connectivity index (χ1n) is 14.0. The summed E-state index contributed by atoms with van der Waals surface area (Å²) in [7, 11) is 4.55. The van der Waals surface area contributed by atoms with Gasteiger partial charge in [-0.15, -0.1) is 0 Å². The number of hydrogen-bond donors (Lipinski definition) is 1. The predicted molar refractivity (Wildman–Crippen MR) is 165 cm³/mol. The molecule has 2 aromatic carbocycles. The minimum Gasteiger partial charge on any atom is -0.388 e. The largest absolute Gasteiger partial charge is 0.388 e. The maximum absolute atomic E-state index is 11.1. The van der Waals surface area contributed by atoms with Gasteiger partial charge in [0.2, 0.25) is 0 Å². The van der Waals surface area contributed by atoms with Crippen LogP contribution in [0, 0.1) is 18.8 Å². The quantitative estimate of drug-likeness (QED) is 0.185. The number of aromatic nitrogens is 2. The molecule has 6 nitrogen and oxygen atoms in total. The van der Waals surface area contributed by atoms with Gasteiger partial charge < -0.3 is 14.7 Å². The zero-order valence-electron chi connectivity index (χ0n) is 23.4. The molecule has 2 heterocycles. The first-order chi connectivity index (χ1) is 18.9. The van der Waals surface area contributed by atoms with Crippen molar-refractivity contribution in [2.45, 2.75) is 45.6 Å². The number of nitrogens with zero attached hydrogens (tertiary/aromatic N) is 4. The highest BCUT2D eigenvalue weighted by atomic mass is 35.5. The molecule has 1 unspecified atom stereocenters. The van der Waals surface area contributed by atoms with Gasteiger partial charge in [-0.05, 0) is 68.4 Å². The summed E-state index contributed by atoms with van der Waals surface area (Å²) in [5.41, 5.74) is 8.60. The Morgan fingerprint density at radius 2 is 1.92 bits per heavy atom. The van der Waals surface area contributed by atoms with E-state index in [9.17, 15) is 4.79 Å². The van der Waals surface area contributed by atoms with Gasteiger partial charge in [-0.1, -0.05) is 44.4 Å². The maximum Gasteiger partial charge on any atom is 0.159 e. The molecule has 2 aliphatic rings. The van der Waals surface area contributed by atoms with E-state index in [1.54, 1.807) is 0 Å². The third-order valence-electron chi connectivity index (χ3n) is 8.49. The molecule has 0 bridgehead atoms. The van der Waals surface area contributed by atoms with E-state index in [1.807, 2.05) is 19.2 Å². The highest BCUT2D eigenvalue weighted by Gasteiger charge is 2.28. The van der Waals surface area contributed by atoms with E-state index in [0.717, 1.165) is 91.8 Å². The number of halogens is 1. The maximum atomic E-state index is 11.1. The van der Waals surface area contributed by atoms with Gasteiger partial charge in [0.1, 0.15) is 11.7 Å². The van der Waals surface area contributed by atoms with Crippen molar-refractivity contribution in [2.24, 2.45) is 23.9 Å². The number of imidazole rings is 1. The molecule has 8 heteroatoms. The van der Waals surface area contributed by atoms with Gasteiger partial charge in [0.05, 0.1) is 16.4 Å². The van der Waals surface area contributed by atoms with Crippen molar-refractivity contribution in [3.63, 3.8) is 0 Å². The van der Waals surface area contributed by atoms with Crippen LogP contribution in [0.5, 0.6) is 0 Å². The fourth-order valence-corrected chi connectivity index (χ4v) is 7.12. The van der Waals surface area contributed by atoms with Crippen LogP contribution in [-0.4, -0.2) is 53.0 Å². The Morgan fingerprint density at radius 3 is 2.64 bits per heavy atom. The van der Waals surface area contributed by atoms with Gasteiger partial charge in [-0.25, -0.2) is 9.98 Å². The molecule has 5 rings (SSSR count). The van der Waals surface area contributed by atoms with Crippen molar-refractivity contribution in [3.05, 3.63) is 64.2 Å². The molecule has 1 atom stereocenters. The summed E-state index contributed by atoms with van der Waals surface area (Å²) in [4.78, 5) is 23.9. The zero-order valence-corrected chi connectivity index (χ0v) is 25.2. The number of aliphatic imine (C=N–C) groups is 1. The van der Waals surface area contributed by atoms with Crippen LogP contribution in [0.25, 0.3) is 11.1 Å². The lowest BCUT2D eigenvalue weighted by molar-refractivity contribution is -0.112. The van der Waals surface area contributed by atoms with Crippen molar-refractivity contribution in [1.29, 1.82) is 0 Å². The Kier molecular flexibility index (Phi) is 8.86. The van der Waals surface area contributed by atoms with Crippen molar-refractivity contribution >= 4 is 43.3 Å². The lowest BCUT2D eigenvalue weighted by atomic mass is 9.82. The van der Waals surface area contributed by atoms with Gasteiger partial charge in [-0.3, -0.25) is 4.90 Å². The summed E-state index contributed by atoms with van der Waals surface area (Å²) in [6, 6.07) is 12.3. The standard InChI is InChI=1S/C31H39ClN5OP/c1-20-23(7-5-9-25(20)33-2)24-8-6-10-26(29(24)32)35-31(39-4)30-34-27-18-37(16-15-28(27)36(30)3)17-21-11-13-22(19-38)14-12-21/h5-10,19,21-22,33,39H,11-18H2,1-4H3. The number of anilines is 1. The summed E-state index contributed by atoms with van der Waals surface area (Å²) in [6.07, 6.45) is 6.56. The normalized spacial score (nSPS) is 20.4. The second-order valence-electron chi connectivity index (χ2n) is 10.9. The molecule has 39 heavy (non-hydrogen) atoms. The fourth-order valence-electron chi connectivity index (χ4n) is 6.17. The minimum absolute atomic E-state index is 0.275. The van der Waals surface area contributed by atoms with Crippen molar-refractivity contribution in [1.82, 2.24) is 14.5 Å². The zero-order chi connectivity index (χ0) is 27.5. The molecule has 0 spiro atoms. The number of aldehydes is 1. The van der Waals surface area contributed by atoms with Crippen LogP contribution in [0.1, 0.15) is 48.5 Å². The van der Waals surface area contributed by atoms with Crippen LogP contribution in [0.3, 0.4) is 0 Å². The van der Waals surface area contributed by atoms with Crippen molar-refractivity contribution in [2.75, 3.05) is 32.1 Å². The molecule has 1 N–H and O–H groups in total. The number of rotatable bonds is 8. The third-order valence-corrected chi connectivity index (χ3v) is 9.69. The van der Waals surface area contributed by atoms with Crippen LogP contribution in [0.2, 0.25) is 5.02 Å². The molecule has 0 saturated heterocycles. The number of hydrogen-bond acceptors (Lipinski definition) is 5. The Labute approximate surface area is 239 Å². The second-order valence-corrected chi connectivity index (χ2v) is 12.2. The number of carbonyl (C=O) groups is 1.